The molecule has 0 N–H and O–H groups in total. The summed E-state index contributed by atoms with van der Waals surface area (Å²) in [5.74, 6) is 2.66. The fraction of sp³-hybridized carbons (Fsp3) is 0.360. The molecule has 29 heavy (non-hydrogen) atoms. The van der Waals surface area contributed by atoms with Crippen molar-refractivity contribution in [2.75, 3.05) is 20.8 Å². The Labute approximate surface area is 171 Å². The molecule has 0 radical (unpaired) electrons. The van der Waals surface area contributed by atoms with Crippen LogP contribution in [0.15, 0.2) is 65.9 Å². The van der Waals surface area contributed by atoms with Gasteiger partial charge in [0, 0.05) is 24.7 Å². The van der Waals surface area contributed by atoms with Crippen molar-refractivity contribution in [1.82, 2.24) is 4.90 Å². The van der Waals surface area contributed by atoms with Crippen molar-refractivity contribution in [3.63, 3.8) is 0 Å². The van der Waals surface area contributed by atoms with E-state index in [4.69, 9.17) is 14.2 Å². The van der Waals surface area contributed by atoms with Crippen LogP contribution in [-0.2, 0) is 23.1 Å². The fourth-order valence-electron chi connectivity index (χ4n) is 6.01. The summed E-state index contributed by atoms with van der Waals surface area (Å²) in [6, 6.07) is 15.5. The Kier molecular flexibility index (Phi) is 3.63. The van der Waals surface area contributed by atoms with E-state index >= 15 is 0 Å². The number of methoxy groups -OCH3 is 2. The lowest BCUT2D eigenvalue weighted by Crippen LogP contribution is -2.59. The first-order valence-electron chi connectivity index (χ1n) is 10.4. The Morgan fingerprint density at radius 2 is 1.93 bits per heavy atom. The molecule has 1 fully saturated rings. The highest BCUT2D eigenvalue weighted by molar-refractivity contribution is 5.67. The maximum Gasteiger partial charge on any atom is 0.169 e. The molecule has 4 aliphatic rings. The highest BCUT2D eigenvalue weighted by atomic mass is 16.6. The molecular formula is C25H25NO3. The lowest BCUT2D eigenvalue weighted by atomic mass is 9.57. The lowest BCUT2D eigenvalue weighted by Gasteiger charge is -2.53. The second kappa shape index (κ2) is 6.14. The standard InChI is InChI=1S/C25H25NO3/c1-27-20-10-8-17-14-19-18-9-11-21(28-2)24-25(18,22(17)23(20)29-24)12-13-26(19)15-16-6-4-3-5-7-16/h3-11,19,24H,12-15H2,1-2H3/t19-,24+,25+/m1/s1. The quantitative estimate of drug-likeness (QED) is 0.794. The van der Waals surface area contributed by atoms with Gasteiger partial charge in [-0.2, -0.15) is 0 Å². The Bertz CT molecular complexity index is 1040. The second-order valence-corrected chi connectivity index (χ2v) is 8.42. The molecule has 148 valence electrons. The molecule has 2 aromatic rings. The van der Waals surface area contributed by atoms with E-state index in [-0.39, 0.29) is 11.5 Å². The number of allylic oxidation sites excluding steroid dienone is 2. The predicted octanol–water partition coefficient (Wildman–Crippen LogP) is 3.99. The number of nitrogens with zero attached hydrogens (tertiary/aromatic N) is 1. The van der Waals surface area contributed by atoms with E-state index < -0.39 is 0 Å². The van der Waals surface area contributed by atoms with Crippen molar-refractivity contribution in [2.45, 2.75) is 36.9 Å². The third kappa shape index (κ3) is 2.18. The van der Waals surface area contributed by atoms with Gasteiger partial charge in [0.05, 0.1) is 19.6 Å². The molecule has 2 aliphatic heterocycles. The number of likely N-dealkylation sites (tertiary alicyclic amines) is 1. The highest BCUT2D eigenvalue weighted by Crippen LogP contribution is 2.62. The first kappa shape index (κ1) is 17.2. The summed E-state index contributed by atoms with van der Waals surface area (Å²) in [5, 5.41) is 0. The normalized spacial score (nSPS) is 28.8. The van der Waals surface area contributed by atoms with Crippen molar-refractivity contribution in [1.29, 1.82) is 0 Å². The first-order chi connectivity index (χ1) is 14.3. The maximum atomic E-state index is 6.58. The molecule has 0 aromatic heterocycles. The molecule has 6 rings (SSSR count). The van der Waals surface area contributed by atoms with E-state index in [0.29, 0.717) is 6.04 Å². The van der Waals surface area contributed by atoms with Crippen LogP contribution in [-0.4, -0.2) is 37.8 Å². The first-order valence-corrected chi connectivity index (χ1v) is 10.4. The molecule has 2 aromatic carbocycles. The van der Waals surface area contributed by atoms with Gasteiger partial charge in [-0.25, -0.2) is 0 Å². The monoisotopic (exact) mass is 387 g/mol. The topological polar surface area (TPSA) is 30.9 Å². The van der Waals surface area contributed by atoms with Crippen molar-refractivity contribution in [3.05, 3.63) is 82.6 Å². The maximum absolute atomic E-state index is 6.58. The molecule has 4 nitrogen and oxygen atoms in total. The van der Waals surface area contributed by atoms with Gasteiger partial charge in [-0.05, 0) is 41.7 Å². The zero-order valence-electron chi connectivity index (χ0n) is 16.9. The van der Waals surface area contributed by atoms with Gasteiger partial charge in [-0.3, -0.25) is 4.90 Å². The van der Waals surface area contributed by atoms with Crippen molar-refractivity contribution in [3.8, 4) is 11.5 Å². The molecule has 3 atom stereocenters. The van der Waals surface area contributed by atoms with Gasteiger partial charge in [-0.15, -0.1) is 0 Å². The third-order valence-corrected chi connectivity index (χ3v) is 7.23. The van der Waals surface area contributed by atoms with Gasteiger partial charge < -0.3 is 14.2 Å². The summed E-state index contributed by atoms with van der Waals surface area (Å²) in [7, 11) is 3.47. The van der Waals surface area contributed by atoms with Gasteiger partial charge in [0.1, 0.15) is 5.76 Å². The molecule has 2 heterocycles. The highest BCUT2D eigenvalue weighted by Gasteiger charge is 2.62. The van der Waals surface area contributed by atoms with Crippen LogP contribution in [0.2, 0.25) is 0 Å². The predicted molar refractivity (Wildman–Crippen MR) is 111 cm³/mol. The summed E-state index contributed by atoms with van der Waals surface area (Å²) >= 11 is 0. The van der Waals surface area contributed by atoms with Gasteiger partial charge in [0.2, 0.25) is 0 Å². The minimum absolute atomic E-state index is 0.0979. The molecule has 1 saturated heterocycles. The van der Waals surface area contributed by atoms with Gasteiger partial charge in [0.25, 0.3) is 0 Å². The Morgan fingerprint density at radius 1 is 1.07 bits per heavy atom. The Morgan fingerprint density at radius 3 is 2.72 bits per heavy atom. The number of ether oxygens (including phenoxy) is 3. The van der Waals surface area contributed by atoms with Crippen LogP contribution in [0.5, 0.6) is 11.5 Å². The average Bonchev–Trinajstić information content (AvgIpc) is 3.11. The molecule has 2 aliphatic carbocycles. The summed E-state index contributed by atoms with van der Waals surface area (Å²) in [6.07, 6.45) is 6.36. The van der Waals surface area contributed by atoms with Crippen LogP contribution < -0.4 is 9.47 Å². The summed E-state index contributed by atoms with van der Waals surface area (Å²) in [5.41, 5.74) is 5.44. The molecule has 4 heteroatoms. The second-order valence-electron chi connectivity index (χ2n) is 8.42. The van der Waals surface area contributed by atoms with Crippen molar-refractivity contribution < 1.29 is 14.2 Å². The smallest absolute Gasteiger partial charge is 0.169 e. The van der Waals surface area contributed by atoms with Gasteiger partial charge >= 0.3 is 0 Å². The summed E-state index contributed by atoms with van der Waals surface area (Å²) < 4.78 is 18.0. The molecule has 0 unspecified atom stereocenters. The van der Waals surface area contributed by atoms with Crippen LogP contribution >= 0.6 is 0 Å². The minimum Gasteiger partial charge on any atom is -0.497 e. The van der Waals surface area contributed by atoms with E-state index in [0.717, 1.165) is 43.2 Å². The van der Waals surface area contributed by atoms with Crippen LogP contribution in [0.4, 0.5) is 0 Å². The van der Waals surface area contributed by atoms with Crippen LogP contribution in [0.25, 0.3) is 0 Å². The van der Waals surface area contributed by atoms with Crippen LogP contribution in [0.3, 0.4) is 0 Å². The van der Waals surface area contributed by atoms with Gasteiger partial charge in [0.15, 0.2) is 17.6 Å². The summed E-state index contributed by atoms with van der Waals surface area (Å²) in [4.78, 5) is 2.64. The van der Waals surface area contributed by atoms with E-state index in [1.165, 1.54) is 22.3 Å². The zero-order chi connectivity index (χ0) is 19.6. The number of rotatable bonds is 4. The van der Waals surface area contributed by atoms with Crippen LogP contribution in [0.1, 0.15) is 23.1 Å². The molecule has 0 saturated carbocycles. The lowest BCUT2D eigenvalue weighted by molar-refractivity contribution is 0.0613. The van der Waals surface area contributed by atoms with E-state index in [1.54, 1.807) is 14.2 Å². The SMILES string of the molecule is COC1=CC=C2[C@H]3Cc4ccc(OC)c5c4[C@@]2(CCN3Cc2ccccc2)[C@H]1O5. The zero-order valence-corrected chi connectivity index (χ0v) is 16.9. The number of hydrogen-bond donors (Lipinski definition) is 0. The Balaban J connectivity index is 1.50. The number of piperidine rings is 1. The number of hydrogen-bond acceptors (Lipinski definition) is 4. The minimum atomic E-state index is -0.130. The molecule has 0 amide bonds. The molecule has 1 spiro atoms. The third-order valence-electron chi connectivity index (χ3n) is 7.23. The van der Waals surface area contributed by atoms with Gasteiger partial charge in [-0.1, -0.05) is 42.5 Å². The molecule has 2 bridgehead atoms. The largest absolute Gasteiger partial charge is 0.497 e. The number of benzene rings is 2. The van der Waals surface area contributed by atoms with E-state index in [9.17, 15) is 0 Å². The average molecular weight is 387 g/mol. The van der Waals surface area contributed by atoms with Crippen LogP contribution in [0, 0.1) is 0 Å². The van der Waals surface area contributed by atoms with Crippen molar-refractivity contribution in [2.24, 2.45) is 0 Å². The van der Waals surface area contributed by atoms with E-state index in [1.807, 2.05) is 0 Å². The summed E-state index contributed by atoms with van der Waals surface area (Å²) in [6.45, 7) is 2.02. The molecular weight excluding hydrogens is 362 g/mol. The Hall–Kier alpha value is -2.72. The van der Waals surface area contributed by atoms with Crippen molar-refractivity contribution >= 4 is 0 Å². The fourth-order valence-corrected chi connectivity index (χ4v) is 6.01. The van der Waals surface area contributed by atoms with E-state index in [2.05, 4.69) is 59.5 Å².